The number of benzene rings is 2. The van der Waals surface area contributed by atoms with Crippen molar-refractivity contribution in [1.82, 2.24) is 9.21 Å². The van der Waals surface area contributed by atoms with Gasteiger partial charge in [-0.2, -0.15) is 9.57 Å². The maximum absolute atomic E-state index is 12.9. The molecule has 0 spiro atoms. The second kappa shape index (κ2) is 9.12. The van der Waals surface area contributed by atoms with Crippen molar-refractivity contribution in [2.24, 2.45) is 0 Å². The second-order valence-corrected chi connectivity index (χ2v) is 9.38. The molecular weight excluding hydrogens is 430 g/mol. The first-order chi connectivity index (χ1) is 15.4. The zero-order chi connectivity index (χ0) is 22.7. The Labute approximate surface area is 186 Å². The van der Waals surface area contributed by atoms with Crippen molar-refractivity contribution < 1.29 is 22.4 Å². The van der Waals surface area contributed by atoms with Crippen LogP contribution in [0.1, 0.15) is 28.6 Å². The number of sulfonamides is 1. The molecule has 0 amide bonds. The molecule has 0 bridgehead atoms. The van der Waals surface area contributed by atoms with Gasteiger partial charge in [0, 0.05) is 43.7 Å². The number of nitriles is 1. The van der Waals surface area contributed by atoms with Crippen molar-refractivity contribution in [3.63, 3.8) is 0 Å². The number of furan rings is 1. The lowest BCUT2D eigenvalue weighted by Gasteiger charge is -2.33. The molecule has 1 aromatic heterocycles. The van der Waals surface area contributed by atoms with Crippen LogP contribution in [0, 0.1) is 11.3 Å². The summed E-state index contributed by atoms with van der Waals surface area (Å²) in [7, 11) is -3.63. The average Bonchev–Trinajstić information content (AvgIpc) is 3.18. The van der Waals surface area contributed by atoms with Gasteiger partial charge in [-0.1, -0.05) is 18.2 Å². The molecule has 1 fully saturated rings. The molecule has 2 heterocycles. The molecule has 1 aliphatic heterocycles. The van der Waals surface area contributed by atoms with Gasteiger partial charge in [0.25, 0.3) is 0 Å². The standard InChI is InChI=1S/C23H23N3O5S/c1-2-30-23(27)22-20(19-5-3-4-6-21(19)31-22)16-25-11-13-26(14-12-25)32(28,29)18-9-7-17(15-24)8-10-18/h3-10H,2,11-14,16H2,1H3. The Morgan fingerprint density at radius 2 is 1.78 bits per heavy atom. The number of rotatable bonds is 6. The zero-order valence-electron chi connectivity index (χ0n) is 17.7. The normalized spacial score (nSPS) is 15.5. The maximum Gasteiger partial charge on any atom is 0.374 e. The molecule has 0 saturated carbocycles. The van der Waals surface area contributed by atoms with Gasteiger partial charge >= 0.3 is 5.97 Å². The largest absolute Gasteiger partial charge is 0.460 e. The Morgan fingerprint density at radius 1 is 1.09 bits per heavy atom. The number of carbonyl (C=O) groups is 1. The molecule has 32 heavy (non-hydrogen) atoms. The molecule has 3 aromatic rings. The molecule has 9 heteroatoms. The molecule has 2 aromatic carbocycles. The van der Waals surface area contributed by atoms with Gasteiger partial charge in [0.15, 0.2) is 0 Å². The Morgan fingerprint density at radius 3 is 2.44 bits per heavy atom. The van der Waals surface area contributed by atoms with Crippen molar-refractivity contribution in [2.75, 3.05) is 32.8 Å². The van der Waals surface area contributed by atoms with Gasteiger partial charge in [-0.25, -0.2) is 13.2 Å². The summed E-state index contributed by atoms with van der Waals surface area (Å²) in [6.07, 6.45) is 0. The molecule has 0 radical (unpaired) electrons. The lowest BCUT2D eigenvalue weighted by molar-refractivity contribution is 0.0488. The van der Waals surface area contributed by atoms with Gasteiger partial charge in [0.2, 0.25) is 15.8 Å². The second-order valence-electron chi connectivity index (χ2n) is 7.44. The third-order valence-electron chi connectivity index (χ3n) is 5.49. The summed E-state index contributed by atoms with van der Waals surface area (Å²) in [6.45, 7) is 4.12. The minimum absolute atomic E-state index is 0.176. The van der Waals surface area contributed by atoms with Crippen molar-refractivity contribution >= 4 is 27.0 Å². The van der Waals surface area contributed by atoms with Crippen molar-refractivity contribution in [2.45, 2.75) is 18.4 Å². The van der Waals surface area contributed by atoms with Gasteiger partial charge < -0.3 is 9.15 Å². The number of hydrogen-bond donors (Lipinski definition) is 0. The van der Waals surface area contributed by atoms with Crippen LogP contribution in [0.3, 0.4) is 0 Å². The average molecular weight is 454 g/mol. The fraction of sp³-hybridized carbons (Fsp3) is 0.304. The zero-order valence-corrected chi connectivity index (χ0v) is 18.5. The minimum Gasteiger partial charge on any atom is -0.460 e. The summed E-state index contributed by atoms with van der Waals surface area (Å²) in [5.41, 5.74) is 1.79. The van der Waals surface area contributed by atoms with Crippen LogP contribution >= 0.6 is 0 Å². The summed E-state index contributed by atoms with van der Waals surface area (Å²) in [6, 6.07) is 15.4. The molecule has 0 N–H and O–H groups in total. The van der Waals surface area contributed by atoms with E-state index in [-0.39, 0.29) is 17.3 Å². The van der Waals surface area contributed by atoms with E-state index in [0.29, 0.717) is 43.9 Å². The highest BCUT2D eigenvalue weighted by molar-refractivity contribution is 7.89. The molecule has 166 valence electrons. The lowest BCUT2D eigenvalue weighted by Crippen LogP contribution is -2.48. The quantitative estimate of drug-likeness (QED) is 0.529. The number of piperazine rings is 1. The van der Waals surface area contributed by atoms with Crippen molar-refractivity contribution in [3.8, 4) is 6.07 Å². The van der Waals surface area contributed by atoms with E-state index < -0.39 is 16.0 Å². The van der Waals surface area contributed by atoms with Crippen molar-refractivity contribution in [1.29, 1.82) is 5.26 Å². The first kappa shape index (κ1) is 22.0. The number of carbonyl (C=O) groups excluding carboxylic acids is 1. The number of nitrogens with zero attached hydrogens (tertiary/aromatic N) is 3. The van der Waals surface area contributed by atoms with Gasteiger partial charge in [-0.3, -0.25) is 4.90 Å². The number of para-hydroxylation sites is 1. The Bertz CT molecular complexity index is 1270. The molecule has 1 aliphatic rings. The van der Waals surface area contributed by atoms with Crippen LogP contribution in [0.5, 0.6) is 0 Å². The number of fused-ring (bicyclic) bond motifs is 1. The van der Waals surface area contributed by atoms with Crippen LogP contribution in [-0.4, -0.2) is 56.4 Å². The highest BCUT2D eigenvalue weighted by Gasteiger charge is 2.30. The van der Waals surface area contributed by atoms with E-state index in [1.807, 2.05) is 30.3 Å². The van der Waals surface area contributed by atoms with E-state index in [4.69, 9.17) is 14.4 Å². The van der Waals surface area contributed by atoms with Crippen LogP contribution in [0.2, 0.25) is 0 Å². The van der Waals surface area contributed by atoms with Crippen molar-refractivity contribution in [3.05, 3.63) is 65.4 Å². The summed E-state index contributed by atoms with van der Waals surface area (Å²) in [4.78, 5) is 14.7. The fourth-order valence-electron chi connectivity index (χ4n) is 3.82. The molecule has 8 nitrogen and oxygen atoms in total. The smallest absolute Gasteiger partial charge is 0.374 e. The van der Waals surface area contributed by atoms with E-state index in [9.17, 15) is 13.2 Å². The Hall–Kier alpha value is -3.19. The summed E-state index contributed by atoms with van der Waals surface area (Å²) in [5, 5.41) is 9.76. The molecule has 0 unspecified atom stereocenters. The van der Waals surface area contributed by atoms with E-state index >= 15 is 0 Å². The number of ether oxygens (including phenoxy) is 1. The van der Waals surface area contributed by atoms with Gasteiger partial charge in [0.1, 0.15) is 5.58 Å². The van der Waals surface area contributed by atoms with Gasteiger partial charge in [-0.15, -0.1) is 0 Å². The predicted molar refractivity (Wildman–Crippen MR) is 117 cm³/mol. The van der Waals surface area contributed by atoms with Crippen LogP contribution < -0.4 is 0 Å². The van der Waals surface area contributed by atoms with E-state index in [2.05, 4.69) is 4.90 Å². The van der Waals surface area contributed by atoms with Crippen LogP contribution in [0.15, 0.2) is 57.8 Å². The molecule has 0 atom stereocenters. The molecule has 0 aliphatic carbocycles. The molecule has 1 saturated heterocycles. The van der Waals surface area contributed by atoms with Gasteiger partial charge in [0.05, 0.1) is 23.1 Å². The Kier molecular flexibility index (Phi) is 6.28. The van der Waals surface area contributed by atoms with Crippen LogP contribution in [0.4, 0.5) is 0 Å². The third kappa shape index (κ3) is 4.25. The highest BCUT2D eigenvalue weighted by atomic mass is 32.2. The third-order valence-corrected chi connectivity index (χ3v) is 7.41. The maximum atomic E-state index is 12.9. The minimum atomic E-state index is -3.63. The lowest BCUT2D eigenvalue weighted by atomic mass is 10.1. The van der Waals surface area contributed by atoms with E-state index in [1.54, 1.807) is 6.92 Å². The summed E-state index contributed by atoms with van der Waals surface area (Å²) in [5.74, 6) is -0.304. The number of hydrogen-bond acceptors (Lipinski definition) is 7. The topological polar surface area (TPSA) is 104 Å². The van der Waals surface area contributed by atoms with E-state index in [0.717, 1.165) is 10.9 Å². The summed E-state index contributed by atoms with van der Waals surface area (Å²) < 4.78 is 38.3. The molecular formula is C23H23N3O5S. The highest BCUT2D eigenvalue weighted by Crippen LogP contribution is 2.28. The van der Waals surface area contributed by atoms with Crippen LogP contribution in [0.25, 0.3) is 11.0 Å². The SMILES string of the molecule is CCOC(=O)c1oc2ccccc2c1CN1CCN(S(=O)(=O)c2ccc(C#N)cc2)CC1. The first-order valence-corrected chi connectivity index (χ1v) is 11.8. The van der Waals surface area contributed by atoms with Gasteiger partial charge in [-0.05, 0) is 37.3 Å². The molecule has 4 rings (SSSR count). The first-order valence-electron chi connectivity index (χ1n) is 10.3. The monoisotopic (exact) mass is 453 g/mol. The fourth-order valence-corrected chi connectivity index (χ4v) is 5.24. The summed E-state index contributed by atoms with van der Waals surface area (Å²) >= 11 is 0. The van der Waals surface area contributed by atoms with Crippen LogP contribution in [-0.2, 0) is 21.3 Å². The van der Waals surface area contributed by atoms with E-state index in [1.165, 1.54) is 28.6 Å². The number of esters is 1. The Balaban J connectivity index is 1.50. The predicted octanol–water partition coefficient (Wildman–Crippen LogP) is 2.99.